The summed E-state index contributed by atoms with van der Waals surface area (Å²) in [5, 5.41) is 31.9. The number of aliphatic hydroxyl groups excluding tert-OH is 3. The summed E-state index contributed by atoms with van der Waals surface area (Å²) in [4.78, 5) is 39.5. The van der Waals surface area contributed by atoms with Gasteiger partial charge in [-0.25, -0.2) is 9.59 Å². The topological polar surface area (TPSA) is 212 Å². The van der Waals surface area contributed by atoms with Crippen LogP contribution in [-0.2, 0) is 19.1 Å². The number of hydrogen-bond donors (Lipinski definition) is 6. The van der Waals surface area contributed by atoms with Crippen LogP contribution in [0.15, 0.2) is 17.1 Å². The molecule has 27 heavy (non-hydrogen) atoms. The van der Waals surface area contributed by atoms with Crippen molar-refractivity contribution in [3.8, 4) is 0 Å². The Morgan fingerprint density at radius 2 is 2.11 bits per heavy atom. The average molecular weight is 387 g/mol. The predicted octanol–water partition coefficient (Wildman–Crippen LogP) is -4.58. The number of rotatable bonds is 5. The van der Waals surface area contributed by atoms with Crippen molar-refractivity contribution in [1.29, 1.82) is 0 Å². The molecule has 2 heterocycles. The second-order valence-corrected chi connectivity index (χ2v) is 5.82. The summed E-state index contributed by atoms with van der Waals surface area (Å²) in [6.45, 7) is -0.684. The number of aliphatic hydroxyl groups is 3. The Balaban J connectivity index is 2.36. The van der Waals surface area contributed by atoms with Gasteiger partial charge in [-0.3, -0.25) is 9.36 Å². The molecule has 0 aliphatic carbocycles. The summed E-state index contributed by atoms with van der Waals surface area (Å²) in [5.74, 6) is -1.95. The minimum absolute atomic E-state index is 0.0743. The van der Waals surface area contributed by atoms with Crippen LogP contribution in [-0.4, -0.2) is 80.9 Å². The van der Waals surface area contributed by atoms with Crippen LogP contribution < -0.4 is 22.5 Å². The molecule has 6 atom stereocenters. The predicted molar refractivity (Wildman–Crippen MR) is 87.8 cm³/mol. The number of carbonyl (C=O) groups excluding carboxylic acids is 2. The lowest BCUT2D eigenvalue weighted by Gasteiger charge is -2.42. The largest absolute Gasteiger partial charge is 0.467 e. The van der Waals surface area contributed by atoms with Gasteiger partial charge in [0.05, 0.1) is 19.8 Å². The van der Waals surface area contributed by atoms with Crippen LogP contribution in [0.3, 0.4) is 0 Å². The number of carbonyl (C=O) groups is 2. The first-order chi connectivity index (χ1) is 12.7. The minimum Gasteiger partial charge on any atom is -0.467 e. The molecule has 150 valence electrons. The Morgan fingerprint density at radius 3 is 2.67 bits per heavy atom. The molecule has 1 fully saturated rings. The fourth-order valence-corrected chi connectivity index (χ4v) is 2.56. The van der Waals surface area contributed by atoms with E-state index in [9.17, 15) is 24.6 Å². The Bertz CT molecular complexity index is 755. The lowest BCUT2D eigenvalue weighted by Crippen LogP contribution is -2.66. The van der Waals surface area contributed by atoms with Gasteiger partial charge >= 0.3 is 11.7 Å². The maximum absolute atomic E-state index is 12.1. The van der Waals surface area contributed by atoms with E-state index in [2.05, 4.69) is 15.0 Å². The number of esters is 1. The highest BCUT2D eigenvalue weighted by Crippen LogP contribution is 2.28. The van der Waals surface area contributed by atoms with E-state index in [1.165, 1.54) is 12.3 Å². The Morgan fingerprint density at radius 1 is 1.44 bits per heavy atom. The summed E-state index contributed by atoms with van der Waals surface area (Å²) < 4.78 is 10.9. The monoisotopic (exact) mass is 387 g/mol. The molecule has 13 heteroatoms. The van der Waals surface area contributed by atoms with Crippen molar-refractivity contribution >= 4 is 17.7 Å². The van der Waals surface area contributed by atoms with Crippen LogP contribution in [0, 0.1) is 0 Å². The third kappa shape index (κ3) is 4.23. The fraction of sp³-hybridized carbons (Fsp3) is 0.571. The van der Waals surface area contributed by atoms with Crippen LogP contribution in [0.2, 0.25) is 0 Å². The number of ether oxygens (including phenoxy) is 2. The first-order valence-corrected chi connectivity index (χ1v) is 7.82. The molecule has 0 aromatic carbocycles. The van der Waals surface area contributed by atoms with Crippen molar-refractivity contribution in [3.05, 3.63) is 22.7 Å². The van der Waals surface area contributed by atoms with Crippen molar-refractivity contribution in [2.45, 2.75) is 36.6 Å². The average Bonchev–Trinajstić information content (AvgIpc) is 2.64. The van der Waals surface area contributed by atoms with Gasteiger partial charge in [-0.2, -0.15) is 4.98 Å². The number of methoxy groups -OCH3 is 1. The lowest BCUT2D eigenvalue weighted by atomic mass is 9.94. The van der Waals surface area contributed by atoms with E-state index in [-0.39, 0.29) is 5.82 Å². The van der Waals surface area contributed by atoms with Crippen LogP contribution in [0.4, 0.5) is 5.82 Å². The van der Waals surface area contributed by atoms with Crippen LogP contribution in [0.25, 0.3) is 0 Å². The summed E-state index contributed by atoms with van der Waals surface area (Å²) in [5.41, 5.74) is 9.91. The van der Waals surface area contributed by atoms with Gasteiger partial charge in [0.1, 0.15) is 24.1 Å². The van der Waals surface area contributed by atoms with Gasteiger partial charge in [-0.15, -0.1) is 0 Å². The van der Waals surface area contributed by atoms with Crippen LogP contribution in [0.5, 0.6) is 0 Å². The van der Waals surface area contributed by atoms with Crippen molar-refractivity contribution in [1.82, 2.24) is 14.9 Å². The molecule has 1 aromatic rings. The number of anilines is 1. The first-order valence-electron chi connectivity index (χ1n) is 7.82. The molecule has 0 saturated carbocycles. The van der Waals surface area contributed by atoms with Crippen molar-refractivity contribution < 1.29 is 34.4 Å². The van der Waals surface area contributed by atoms with Crippen LogP contribution in [0.1, 0.15) is 6.23 Å². The highest BCUT2D eigenvalue weighted by Gasteiger charge is 2.49. The molecule has 1 aliphatic heterocycles. The molecule has 0 radical (unpaired) electrons. The molecule has 0 spiro atoms. The molecule has 2 rings (SSSR count). The fourth-order valence-electron chi connectivity index (χ4n) is 2.56. The van der Waals surface area contributed by atoms with E-state index in [1.54, 1.807) is 0 Å². The van der Waals surface area contributed by atoms with Gasteiger partial charge in [0, 0.05) is 6.20 Å². The molecule has 8 N–H and O–H groups in total. The summed E-state index contributed by atoms with van der Waals surface area (Å²) in [6, 6.07) is -1.52. The standard InChI is InChI=1S/C14H21N5O8/c1-26-13(24)10-7(18-11(23)5(15)4-20)8(21)9(22)12(27-10)19-3-2-6(16)17-14(19)25/h2-3,5,7-10,12,20-22H,4,15H2,1H3,(H,18,23)(H2,16,17,25). The second kappa shape index (κ2) is 8.41. The quantitative estimate of drug-likeness (QED) is 0.264. The zero-order chi connectivity index (χ0) is 20.3. The summed E-state index contributed by atoms with van der Waals surface area (Å²) in [6.07, 6.45) is -5.40. The molecule has 1 amide bonds. The van der Waals surface area contributed by atoms with E-state index in [0.29, 0.717) is 0 Å². The number of hydrogen-bond acceptors (Lipinski definition) is 11. The SMILES string of the molecule is COC(=O)C1OC(n2ccc(N)nc2=O)C(O)C(O)C1NC(=O)C(N)CO. The third-order valence-corrected chi connectivity index (χ3v) is 4.02. The van der Waals surface area contributed by atoms with Crippen LogP contribution >= 0.6 is 0 Å². The number of nitrogens with zero attached hydrogens (tertiary/aromatic N) is 2. The zero-order valence-corrected chi connectivity index (χ0v) is 14.3. The molecular formula is C14H21N5O8. The first kappa shape index (κ1) is 20.7. The maximum Gasteiger partial charge on any atom is 0.351 e. The van der Waals surface area contributed by atoms with Gasteiger partial charge in [0.25, 0.3) is 0 Å². The van der Waals surface area contributed by atoms with E-state index >= 15 is 0 Å². The number of nitrogens with two attached hydrogens (primary N) is 2. The Labute approximate surface area is 152 Å². The molecule has 1 aromatic heterocycles. The van der Waals surface area contributed by atoms with Gasteiger partial charge < -0.3 is 41.6 Å². The third-order valence-electron chi connectivity index (χ3n) is 4.02. The minimum atomic E-state index is -1.74. The normalized spacial score (nSPS) is 29.0. The van der Waals surface area contributed by atoms with Gasteiger partial charge in [-0.05, 0) is 6.07 Å². The maximum atomic E-state index is 12.1. The number of nitrogen functional groups attached to an aromatic ring is 1. The van der Waals surface area contributed by atoms with E-state index in [4.69, 9.17) is 21.3 Å². The Hall–Kier alpha value is -2.58. The number of amides is 1. The summed E-state index contributed by atoms with van der Waals surface area (Å²) >= 11 is 0. The Kier molecular flexibility index (Phi) is 6.45. The molecule has 0 bridgehead atoms. The van der Waals surface area contributed by atoms with Gasteiger partial charge in [-0.1, -0.05) is 0 Å². The zero-order valence-electron chi connectivity index (χ0n) is 14.3. The lowest BCUT2D eigenvalue weighted by molar-refractivity contribution is -0.222. The van der Waals surface area contributed by atoms with Gasteiger partial charge in [0.2, 0.25) is 5.91 Å². The highest BCUT2D eigenvalue weighted by atomic mass is 16.6. The molecular weight excluding hydrogens is 366 g/mol. The smallest absolute Gasteiger partial charge is 0.351 e. The molecule has 13 nitrogen and oxygen atoms in total. The summed E-state index contributed by atoms with van der Waals surface area (Å²) in [7, 11) is 1.05. The molecule has 1 saturated heterocycles. The van der Waals surface area contributed by atoms with Gasteiger partial charge in [0.15, 0.2) is 12.3 Å². The van der Waals surface area contributed by atoms with Crippen molar-refractivity contribution in [2.75, 3.05) is 19.5 Å². The van der Waals surface area contributed by atoms with E-state index in [1.807, 2.05) is 0 Å². The number of nitrogens with one attached hydrogen (secondary N) is 1. The number of aromatic nitrogens is 2. The highest BCUT2D eigenvalue weighted by molar-refractivity contribution is 5.83. The van der Waals surface area contributed by atoms with Crippen molar-refractivity contribution in [2.24, 2.45) is 5.73 Å². The molecule has 1 aliphatic rings. The van der Waals surface area contributed by atoms with Crippen molar-refractivity contribution in [3.63, 3.8) is 0 Å². The molecule has 6 unspecified atom stereocenters. The van der Waals surface area contributed by atoms with E-state index < -0.39 is 60.8 Å². The second-order valence-electron chi connectivity index (χ2n) is 5.82. The van der Waals surface area contributed by atoms with E-state index in [0.717, 1.165) is 11.7 Å².